The Bertz CT molecular complexity index is 880. The first-order valence-corrected chi connectivity index (χ1v) is 7.52. The van der Waals surface area contributed by atoms with E-state index in [-0.39, 0.29) is 5.63 Å². The molecule has 0 saturated carbocycles. The SMILES string of the molecule is CCc1cc(=O)oc2cc(OCc3ccccc3OC)ccc12. The van der Waals surface area contributed by atoms with Crippen molar-refractivity contribution in [2.45, 2.75) is 20.0 Å². The van der Waals surface area contributed by atoms with Crippen LogP contribution in [0, 0.1) is 0 Å². The van der Waals surface area contributed by atoms with E-state index in [0.717, 1.165) is 28.7 Å². The maximum absolute atomic E-state index is 11.6. The molecule has 0 aliphatic heterocycles. The molecule has 4 nitrogen and oxygen atoms in total. The van der Waals surface area contributed by atoms with Gasteiger partial charge in [-0.15, -0.1) is 0 Å². The van der Waals surface area contributed by atoms with Crippen molar-refractivity contribution in [3.05, 3.63) is 70.1 Å². The molecule has 3 aromatic rings. The summed E-state index contributed by atoms with van der Waals surface area (Å²) in [6, 6.07) is 14.8. The Kier molecular flexibility index (Phi) is 4.33. The molecule has 3 rings (SSSR count). The van der Waals surface area contributed by atoms with Crippen molar-refractivity contribution < 1.29 is 13.9 Å². The van der Waals surface area contributed by atoms with Crippen LogP contribution in [0.5, 0.6) is 11.5 Å². The van der Waals surface area contributed by atoms with E-state index >= 15 is 0 Å². The molecule has 0 bridgehead atoms. The largest absolute Gasteiger partial charge is 0.496 e. The number of methoxy groups -OCH3 is 1. The Morgan fingerprint density at radius 2 is 1.87 bits per heavy atom. The zero-order chi connectivity index (χ0) is 16.2. The summed E-state index contributed by atoms with van der Waals surface area (Å²) in [7, 11) is 1.63. The minimum Gasteiger partial charge on any atom is -0.496 e. The molecule has 0 spiro atoms. The molecule has 0 fully saturated rings. The van der Waals surface area contributed by atoms with E-state index in [2.05, 4.69) is 0 Å². The number of fused-ring (bicyclic) bond motifs is 1. The number of rotatable bonds is 5. The van der Waals surface area contributed by atoms with Gasteiger partial charge in [-0.1, -0.05) is 25.1 Å². The molecule has 0 N–H and O–H groups in total. The zero-order valence-corrected chi connectivity index (χ0v) is 13.2. The van der Waals surface area contributed by atoms with Crippen LogP contribution in [0.1, 0.15) is 18.1 Å². The van der Waals surface area contributed by atoms with Gasteiger partial charge in [0.2, 0.25) is 0 Å². The van der Waals surface area contributed by atoms with Gasteiger partial charge >= 0.3 is 5.63 Å². The zero-order valence-electron chi connectivity index (χ0n) is 13.2. The molecule has 2 aromatic carbocycles. The van der Waals surface area contributed by atoms with Crippen molar-refractivity contribution in [2.75, 3.05) is 7.11 Å². The van der Waals surface area contributed by atoms with Crippen LogP contribution >= 0.6 is 0 Å². The van der Waals surface area contributed by atoms with Crippen LogP contribution < -0.4 is 15.1 Å². The molecular weight excluding hydrogens is 292 g/mol. The predicted octanol–water partition coefficient (Wildman–Crippen LogP) is 3.94. The third-order valence-electron chi connectivity index (χ3n) is 3.77. The molecular formula is C19H18O4. The molecule has 4 heteroatoms. The fourth-order valence-electron chi connectivity index (χ4n) is 2.58. The van der Waals surface area contributed by atoms with Gasteiger partial charge in [0, 0.05) is 23.1 Å². The smallest absolute Gasteiger partial charge is 0.336 e. The summed E-state index contributed by atoms with van der Waals surface area (Å²) in [5, 5.41) is 0.941. The number of hydrogen-bond acceptors (Lipinski definition) is 4. The maximum atomic E-state index is 11.6. The third kappa shape index (κ3) is 3.21. The lowest BCUT2D eigenvalue weighted by Gasteiger charge is -2.11. The highest BCUT2D eigenvalue weighted by Gasteiger charge is 2.07. The summed E-state index contributed by atoms with van der Waals surface area (Å²) in [5.74, 6) is 1.44. The van der Waals surface area contributed by atoms with Crippen LogP contribution in [0.15, 0.2) is 57.7 Å². The first kappa shape index (κ1) is 15.2. The lowest BCUT2D eigenvalue weighted by molar-refractivity contribution is 0.296. The third-order valence-corrected chi connectivity index (χ3v) is 3.77. The van der Waals surface area contributed by atoms with Gasteiger partial charge in [-0.25, -0.2) is 4.79 Å². The minimum absolute atomic E-state index is 0.337. The van der Waals surface area contributed by atoms with E-state index in [1.54, 1.807) is 13.2 Å². The van der Waals surface area contributed by atoms with Crippen molar-refractivity contribution in [2.24, 2.45) is 0 Å². The molecule has 0 unspecified atom stereocenters. The van der Waals surface area contributed by atoms with Crippen molar-refractivity contribution in [1.29, 1.82) is 0 Å². The molecule has 118 valence electrons. The molecule has 0 saturated heterocycles. The van der Waals surface area contributed by atoms with E-state index in [1.165, 1.54) is 6.07 Å². The van der Waals surface area contributed by atoms with Gasteiger partial charge in [-0.2, -0.15) is 0 Å². The average molecular weight is 310 g/mol. The lowest BCUT2D eigenvalue weighted by atomic mass is 10.1. The summed E-state index contributed by atoms with van der Waals surface area (Å²) < 4.78 is 16.4. The first-order chi connectivity index (χ1) is 11.2. The molecule has 0 amide bonds. The lowest BCUT2D eigenvalue weighted by Crippen LogP contribution is -2.01. The standard InChI is InChI=1S/C19H18O4/c1-3-13-10-19(20)23-18-11-15(8-9-16(13)18)22-12-14-6-4-5-7-17(14)21-2/h4-11H,3,12H2,1-2H3. The molecule has 1 aromatic heterocycles. The van der Waals surface area contributed by atoms with Crippen molar-refractivity contribution in [1.82, 2.24) is 0 Å². The van der Waals surface area contributed by atoms with Gasteiger partial charge in [0.15, 0.2) is 0 Å². The van der Waals surface area contributed by atoms with Gasteiger partial charge < -0.3 is 13.9 Å². The summed E-state index contributed by atoms with van der Waals surface area (Å²) in [5.41, 5.74) is 2.15. The summed E-state index contributed by atoms with van der Waals surface area (Å²) >= 11 is 0. The monoisotopic (exact) mass is 310 g/mol. The molecule has 0 radical (unpaired) electrons. The van der Waals surface area contributed by atoms with E-state index in [4.69, 9.17) is 13.9 Å². The predicted molar refractivity (Wildman–Crippen MR) is 89.2 cm³/mol. The molecule has 0 aliphatic carbocycles. The maximum Gasteiger partial charge on any atom is 0.336 e. The first-order valence-electron chi connectivity index (χ1n) is 7.52. The highest BCUT2D eigenvalue weighted by atomic mass is 16.5. The molecule has 23 heavy (non-hydrogen) atoms. The van der Waals surface area contributed by atoms with Gasteiger partial charge in [-0.3, -0.25) is 0 Å². The fourth-order valence-corrected chi connectivity index (χ4v) is 2.58. The van der Waals surface area contributed by atoms with Crippen LogP contribution in [0.25, 0.3) is 11.0 Å². The van der Waals surface area contributed by atoms with Gasteiger partial charge in [0.25, 0.3) is 0 Å². The number of ether oxygens (including phenoxy) is 2. The number of aryl methyl sites for hydroxylation is 1. The fraction of sp³-hybridized carbons (Fsp3) is 0.211. The Balaban J connectivity index is 1.88. The minimum atomic E-state index is -0.337. The molecule has 0 aliphatic rings. The van der Waals surface area contributed by atoms with Gasteiger partial charge in [0.1, 0.15) is 23.7 Å². The van der Waals surface area contributed by atoms with Crippen LogP contribution in [-0.2, 0) is 13.0 Å². The number of benzene rings is 2. The highest BCUT2D eigenvalue weighted by Crippen LogP contribution is 2.25. The average Bonchev–Trinajstić information content (AvgIpc) is 2.59. The Labute approximate surface area is 134 Å². The number of hydrogen-bond donors (Lipinski definition) is 0. The Morgan fingerprint density at radius 1 is 1.04 bits per heavy atom. The quantitative estimate of drug-likeness (QED) is 0.670. The van der Waals surface area contributed by atoms with E-state index < -0.39 is 0 Å². The van der Waals surface area contributed by atoms with Crippen molar-refractivity contribution >= 4 is 11.0 Å². The van der Waals surface area contributed by atoms with Gasteiger partial charge in [0.05, 0.1) is 7.11 Å². The Hall–Kier alpha value is -2.75. The van der Waals surface area contributed by atoms with Crippen molar-refractivity contribution in [3.63, 3.8) is 0 Å². The van der Waals surface area contributed by atoms with Crippen LogP contribution in [0.2, 0.25) is 0 Å². The van der Waals surface area contributed by atoms with Crippen LogP contribution in [-0.4, -0.2) is 7.11 Å². The number of para-hydroxylation sites is 1. The van der Waals surface area contributed by atoms with Crippen LogP contribution in [0.4, 0.5) is 0 Å². The second-order valence-corrected chi connectivity index (χ2v) is 5.20. The van der Waals surface area contributed by atoms with Gasteiger partial charge in [-0.05, 0) is 30.2 Å². The second-order valence-electron chi connectivity index (χ2n) is 5.20. The van der Waals surface area contributed by atoms with Crippen molar-refractivity contribution in [3.8, 4) is 11.5 Å². The van der Waals surface area contributed by atoms with E-state index in [0.29, 0.717) is 17.9 Å². The van der Waals surface area contributed by atoms with E-state index in [9.17, 15) is 4.79 Å². The Morgan fingerprint density at radius 3 is 2.65 bits per heavy atom. The summed E-state index contributed by atoms with van der Waals surface area (Å²) in [4.78, 5) is 11.6. The second kappa shape index (κ2) is 6.57. The topological polar surface area (TPSA) is 48.7 Å². The molecule has 0 atom stereocenters. The van der Waals surface area contributed by atoms with E-state index in [1.807, 2.05) is 43.3 Å². The molecule has 1 heterocycles. The summed E-state index contributed by atoms with van der Waals surface area (Å²) in [6.07, 6.45) is 0.781. The highest BCUT2D eigenvalue weighted by molar-refractivity contribution is 5.81. The van der Waals surface area contributed by atoms with Crippen LogP contribution in [0.3, 0.4) is 0 Å². The normalized spacial score (nSPS) is 10.7. The summed E-state index contributed by atoms with van der Waals surface area (Å²) in [6.45, 7) is 2.40.